The molecule has 0 saturated carbocycles. The lowest BCUT2D eigenvalue weighted by Gasteiger charge is -2.39. The molecule has 5 rings (SSSR count). The third-order valence-electron chi connectivity index (χ3n) is 7.02. The zero-order valence-corrected chi connectivity index (χ0v) is 19.1. The maximum Gasteiger partial charge on any atom is 0.157 e. The van der Waals surface area contributed by atoms with E-state index in [1.807, 2.05) is 12.1 Å². The minimum atomic E-state index is -0.265. The minimum absolute atomic E-state index is 0.265. The average molecular weight is 437 g/mol. The van der Waals surface area contributed by atoms with E-state index < -0.39 is 0 Å². The first kappa shape index (κ1) is 21.3. The topological polar surface area (TPSA) is 51.3 Å². The van der Waals surface area contributed by atoms with Crippen LogP contribution in [-0.2, 0) is 0 Å². The number of benzene rings is 1. The molecule has 0 bridgehead atoms. The fraction of sp³-hybridized carbons (Fsp3) is 0.520. The number of nitrogens with one attached hydrogen (secondary N) is 1. The first-order valence-corrected chi connectivity index (χ1v) is 11.9. The summed E-state index contributed by atoms with van der Waals surface area (Å²) in [6.45, 7) is 11.3. The van der Waals surface area contributed by atoms with Gasteiger partial charge < -0.3 is 14.8 Å². The molecular formula is C25H33FN6. The van der Waals surface area contributed by atoms with Gasteiger partial charge in [0, 0.05) is 38.3 Å². The lowest BCUT2D eigenvalue weighted by Crippen LogP contribution is -2.47. The van der Waals surface area contributed by atoms with E-state index in [1.165, 1.54) is 38.1 Å². The van der Waals surface area contributed by atoms with Crippen molar-refractivity contribution in [3.05, 3.63) is 42.2 Å². The fourth-order valence-corrected chi connectivity index (χ4v) is 5.13. The Balaban J connectivity index is 1.26. The molecule has 170 valence electrons. The number of likely N-dealkylation sites (tertiary alicyclic amines) is 1. The van der Waals surface area contributed by atoms with Crippen molar-refractivity contribution in [1.29, 1.82) is 0 Å². The Hall–Kier alpha value is -2.51. The van der Waals surface area contributed by atoms with E-state index >= 15 is 0 Å². The van der Waals surface area contributed by atoms with Gasteiger partial charge in [0.25, 0.3) is 0 Å². The second-order valence-corrected chi connectivity index (χ2v) is 9.37. The summed E-state index contributed by atoms with van der Waals surface area (Å²) in [6.07, 6.45) is 3.71. The quantitative estimate of drug-likeness (QED) is 0.666. The minimum Gasteiger partial charge on any atom is -0.355 e. The summed E-state index contributed by atoms with van der Waals surface area (Å²) in [4.78, 5) is 20.4. The molecule has 0 spiro atoms. The monoisotopic (exact) mass is 436 g/mol. The number of fused-ring (bicyclic) bond motifs is 1. The van der Waals surface area contributed by atoms with E-state index in [-0.39, 0.29) is 5.82 Å². The summed E-state index contributed by atoms with van der Waals surface area (Å²) in [5.41, 5.74) is 2.24. The Morgan fingerprint density at radius 2 is 1.81 bits per heavy atom. The summed E-state index contributed by atoms with van der Waals surface area (Å²) in [5.74, 6) is 1.41. The van der Waals surface area contributed by atoms with E-state index in [0.29, 0.717) is 23.4 Å². The maximum absolute atomic E-state index is 13.5. The number of H-pyrrole nitrogens is 1. The zero-order valence-electron chi connectivity index (χ0n) is 19.1. The maximum atomic E-state index is 13.5. The highest BCUT2D eigenvalue weighted by atomic mass is 19.1. The Labute approximate surface area is 189 Å². The Kier molecular flexibility index (Phi) is 6.11. The van der Waals surface area contributed by atoms with Crippen LogP contribution in [0.25, 0.3) is 22.6 Å². The van der Waals surface area contributed by atoms with Gasteiger partial charge in [-0.2, -0.15) is 0 Å². The molecular weight excluding hydrogens is 403 g/mol. The second-order valence-electron chi connectivity index (χ2n) is 9.37. The van der Waals surface area contributed by atoms with Crippen molar-refractivity contribution >= 4 is 16.9 Å². The molecule has 3 aromatic rings. The number of hydrogen-bond donors (Lipinski definition) is 1. The highest BCUT2D eigenvalue weighted by Crippen LogP contribution is 2.24. The van der Waals surface area contributed by atoms with Crippen molar-refractivity contribution in [3.8, 4) is 11.5 Å². The normalized spacial score (nSPS) is 19.7. The smallest absolute Gasteiger partial charge is 0.157 e. The van der Waals surface area contributed by atoms with Crippen LogP contribution in [0.15, 0.2) is 36.4 Å². The number of imidazole rings is 1. The van der Waals surface area contributed by atoms with Crippen LogP contribution in [0.2, 0.25) is 0 Å². The number of aromatic amines is 1. The van der Waals surface area contributed by atoms with Crippen LogP contribution in [0.5, 0.6) is 0 Å². The Morgan fingerprint density at radius 3 is 2.62 bits per heavy atom. The van der Waals surface area contributed by atoms with Crippen molar-refractivity contribution < 1.29 is 4.39 Å². The Morgan fingerprint density at radius 1 is 0.969 bits per heavy atom. The molecule has 0 aliphatic carbocycles. The van der Waals surface area contributed by atoms with E-state index in [9.17, 15) is 4.39 Å². The molecule has 0 unspecified atom stereocenters. The number of aromatic nitrogens is 3. The summed E-state index contributed by atoms with van der Waals surface area (Å²) >= 11 is 0. The summed E-state index contributed by atoms with van der Waals surface area (Å²) < 4.78 is 13.5. The van der Waals surface area contributed by atoms with Crippen LogP contribution in [0.1, 0.15) is 33.1 Å². The lowest BCUT2D eigenvalue weighted by molar-refractivity contribution is 0.0965. The van der Waals surface area contributed by atoms with Gasteiger partial charge in [-0.3, -0.25) is 4.90 Å². The van der Waals surface area contributed by atoms with E-state index in [0.717, 1.165) is 49.6 Å². The zero-order chi connectivity index (χ0) is 22.1. The number of hydrogen-bond acceptors (Lipinski definition) is 5. The SMILES string of the molecule is CC(C)N1CCC(N2CCCN(c3cccc(-c4nc5ccc(F)cc5[nH]4)n3)CC2)CC1. The van der Waals surface area contributed by atoms with Crippen molar-refractivity contribution in [2.75, 3.05) is 44.2 Å². The molecule has 4 heterocycles. The van der Waals surface area contributed by atoms with Gasteiger partial charge in [-0.25, -0.2) is 14.4 Å². The van der Waals surface area contributed by atoms with Crippen molar-refractivity contribution in [1.82, 2.24) is 24.8 Å². The van der Waals surface area contributed by atoms with Crippen LogP contribution in [0.3, 0.4) is 0 Å². The first-order valence-electron chi connectivity index (χ1n) is 11.9. The van der Waals surface area contributed by atoms with Crippen LogP contribution >= 0.6 is 0 Å². The molecule has 0 atom stereocenters. The predicted molar refractivity (Wildman–Crippen MR) is 127 cm³/mol. The van der Waals surface area contributed by atoms with Crippen LogP contribution in [0.4, 0.5) is 10.2 Å². The number of halogens is 1. The largest absolute Gasteiger partial charge is 0.355 e. The fourth-order valence-electron chi connectivity index (χ4n) is 5.13. The van der Waals surface area contributed by atoms with Gasteiger partial charge in [0.2, 0.25) is 0 Å². The van der Waals surface area contributed by atoms with Gasteiger partial charge in [0.15, 0.2) is 5.82 Å². The molecule has 0 radical (unpaired) electrons. The highest BCUT2D eigenvalue weighted by Gasteiger charge is 2.27. The third kappa shape index (κ3) is 4.50. The Bertz CT molecular complexity index is 1060. The van der Waals surface area contributed by atoms with E-state index in [1.54, 1.807) is 6.07 Å². The van der Waals surface area contributed by atoms with Crippen molar-refractivity contribution in [3.63, 3.8) is 0 Å². The van der Waals surface area contributed by atoms with Gasteiger partial charge in [-0.05, 0) is 76.5 Å². The van der Waals surface area contributed by atoms with Gasteiger partial charge in [0.1, 0.15) is 17.3 Å². The molecule has 0 amide bonds. The third-order valence-corrected chi connectivity index (χ3v) is 7.02. The lowest BCUT2D eigenvalue weighted by atomic mass is 10.0. The molecule has 2 aliphatic heterocycles. The molecule has 32 heavy (non-hydrogen) atoms. The second kappa shape index (κ2) is 9.16. The first-order chi connectivity index (χ1) is 15.6. The standard InChI is InChI=1S/C25H33FN6/c1-18(2)30-13-9-20(10-14-30)31-11-4-12-32(16-15-31)24-6-3-5-22(27-24)25-28-21-8-7-19(26)17-23(21)29-25/h3,5-8,17-18,20H,4,9-16H2,1-2H3,(H,28,29). The summed E-state index contributed by atoms with van der Waals surface area (Å²) in [5, 5.41) is 0. The number of piperidine rings is 1. The molecule has 2 aromatic heterocycles. The van der Waals surface area contributed by atoms with Gasteiger partial charge in [0.05, 0.1) is 11.0 Å². The number of rotatable bonds is 4. The summed E-state index contributed by atoms with van der Waals surface area (Å²) in [7, 11) is 0. The average Bonchev–Trinajstić information content (AvgIpc) is 3.07. The van der Waals surface area contributed by atoms with Crippen molar-refractivity contribution in [2.24, 2.45) is 0 Å². The molecule has 1 N–H and O–H groups in total. The van der Waals surface area contributed by atoms with Crippen LogP contribution in [-0.4, -0.2) is 76.1 Å². The van der Waals surface area contributed by atoms with Crippen molar-refractivity contribution in [2.45, 2.75) is 45.2 Å². The number of nitrogens with zero attached hydrogens (tertiary/aromatic N) is 5. The molecule has 6 nitrogen and oxygen atoms in total. The van der Waals surface area contributed by atoms with Gasteiger partial charge in [-0.1, -0.05) is 6.07 Å². The summed E-state index contributed by atoms with van der Waals surface area (Å²) in [6, 6.07) is 12.1. The van der Waals surface area contributed by atoms with Gasteiger partial charge in [-0.15, -0.1) is 0 Å². The van der Waals surface area contributed by atoms with Crippen LogP contribution < -0.4 is 4.90 Å². The molecule has 1 aromatic carbocycles. The molecule has 2 aliphatic rings. The highest BCUT2D eigenvalue weighted by molar-refractivity contribution is 5.78. The van der Waals surface area contributed by atoms with E-state index in [4.69, 9.17) is 4.98 Å². The van der Waals surface area contributed by atoms with E-state index in [2.05, 4.69) is 44.6 Å². The van der Waals surface area contributed by atoms with Crippen LogP contribution in [0, 0.1) is 5.82 Å². The van der Waals surface area contributed by atoms with Gasteiger partial charge >= 0.3 is 0 Å². The predicted octanol–water partition coefficient (Wildman–Crippen LogP) is 4.15. The molecule has 2 fully saturated rings. The molecule has 2 saturated heterocycles. The number of pyridine rings is 1. The number of anilines is 1. The molecule has 7 heteroatoms.